The third kappa shape index (κ3) is 4.17. The molecule has 0 unspecified atom stereocenters. The van der Waals surface area contributed by atoms with Crippen LogP contribution in [0.25, 0.3) is 0 Å². The zero-order valence-corrected chi connectivity index (χ0v) is 22.5. The summed E-state index contributed by atoms with van der Waals surface area (Å²) in [6.45, 7) is 6.27. The highest BCUT2D eigenvalue weighted by Gasteiger charge is 2.44. The van der Waals surface area contributed by atoms with Crippen LogP contribution in [0.4, 0.5) is 11.4 Å². The second kappa shape index (κ2) is 10.1. The lowest BCUT2D eigenvalue weighted by Crippen LogP contribution is -2.64. The first-order valence-electron chi connectivity index (χ1n) is 13.3. The fourth-order valence-corrected chi connectivity index (χ4v) is 6.17. The lowest BCUT2D eigenvalue weighted by Gasteiger charge is -2.57. The molecule has 0 aliphatic carbocycles. The molecule has 0 saturated carbocycles. The van der Waals surface area contributed by atoms with E-state index in [-0.39, 0.29) is 18.4 Å². The summed E-state index contributed by atoms with van der Waals surface area (Å²) in [5, 5.41) is 0. The van der Waals surface area contributed by atoms with E-state index in [0.717, 1.165) is 24.6 Å². The molecule has 6 rings (SSSR count). The topological polar surface area (TPSA) is 28.2 Å². The molecule has 194 valence electrons. The van der Waals surface area contributed by atoms with E-state index >= 15 is 0 Å². The number of anilines is 2. The highest BCUT2D eigenvalue weighted by molar-refractivity contribution is 5.70. The van der Waals surface area contributed by atoms with E-state index in [0.29, 0.717) is 0 Å². The summed E-state index contributed by atoms with van der Waals surface area (Å²) < 4.78 is 11.2. The molecule has 0 saturated heterocycles. The van der Waals surface area contributed by atoms with Gasteiger partial charge in [0.15, 0.2) is 6.29 Å². The number of hydrogen-bond acceptors (Lipinski definition) is 5. The van der Waals surface area contributed by atoms with Crippen LogP contribution < -0.4 is 19.3 Å². The number of fused-ring (bicyclic) bond motifs is 6. The van der Waals surface area contributed by atoms with Gasteiger partial charge in [-0.2, -0.15) is 0 Å². The Balaban J connectivity index is 1.53. The zero-order chi connectivity index (χ0) is 26.2. The Morgan fingerprint density at radius 2 is 1.05 bits per heavy atom. The molecule has 0 spiro atoms. The van der Waals surface area contributed by atoms with Crippen molar-refractivity contribution in [2.24, 2.45) is 0 Å². The van der Waals surface area contributed by atoms with E-state index in [1.165, 1.54) is 33.6 Å². The van der Waals surface area contributed by atoms with Crippen LogP contribution in [0.1, 0.15) is 48.2 Å². The highest BCUT2D eigenvalue weighted by Crippen LogP contribution is 2.47. The normalized spacial score (nSPS) is 16.0. The van der Waals surface area contributed by atoms with Gasteiger partial charge in [0.2, 0.25) is 0 Å². The number of hydrogen-bond donors (Lipinski definition) is 0. The van der Waals surface area contributed by atoms with Crippen LogP contribution in [0.15, 0.2) is 97.1 Å². The molecule has 2 heterocycles. The van der Waals surface area contributed by atoms with Crippen LogP contribution in [-0.2, 0) is 13.1 Å². The lowest BCUT2D eigenvalue weighted by molar-refractivity contribution is 0.0792. The molecule has 38 heavy (non-hydrogen) atoms. The van der Waals surface area contributed by atoms with Gasteiger partial charge in [0.1, 0.15) is 11.5 Å². The minimum atomic E-state index is 0.0298. The second-order valence-electron chi connectivity index (χ2n) is 10.2. The fourth-order valence-electron chi connectivity index (χ4n) is 6.17. The maximum atomic E-state index is 5.60. The van der Waals surface area contributed by atoms with Gasteiger partial charge >= 0.3 is 0 Å². The van der Waals surface area contributed by atoms with Gasteiger partial charge in [-0.1, -0.05) is 60.7 Å². The Labute approximate surface area is 225 Å². The van der Waals surface area contributed by atoms with Crippen molar-refractivity contribution in [1.29, 1.82) is 0 Å². The Bertz CT molecular complexity index is 1300. The van der Waals surface area contributed by atoms with Crippen molar-refractivity contribution < 1.29 is 9.47 Å². The molecule has 0 aromatic heterocycles. The summed E-state index contributed by atoms with van der Waals surface area (Å²) in [5.74, 6) is 1.79. The molecule has 2 aliphatic heterocycles. The van der Waals surface area contributed by atoms with Crippen LogP contribution >= 0.6 is 0 Å². The van der Waals surface area contributed by atoms with Crippen molar-refractivity contribution in [3.05, 3.63) is 119 Å². The third-order valence-electron chi connectivity index (χ3n) is 8.16. The first-order chi connectivity index (χ1) is 18.6. The van der Waals surface area contributed by atoms with Gasteiger partial charge in [0.05, 0.1) is 14.2 Å². The minimum absolute atomic E-state index is 0.0298. The summed E-state index contributed by atoms with van der Waals surface area (Å²) in [5.41, 5.74) is 7.69. The van der Waals surface area contributed by atoms with E-state index < -0.39 is 0 Å². The molecule has 4 aromatic rings. The van der Waals surface area contributed by atoms with E-state index in [1.54, 1.807) is 14.2 Å². The van der Waals surface area contributed by atoms with E-state index in [1.807, 2.05) is 0 Å². The van der Waals surface area contributed by atoms with Crippen LogP contribution in [-0.4, -0.2) is 25.4 Å². The maximum absolute atomic E-state index is 5.60. The first kappa shape index (κ1) is 24.4. The molecule has 5 nitrogen and oxygen atoms in total. The molecule has 4 aromatic carbocycles. The quantitative estimate of drug-likeness (QED) is 0.266. The van der Waals surface area contributed by atoms with Gasteiger partial charge in [-0.15, -0.1) is 0 Å². The SMILES string of the molecule is COc1ccc2c(c1)CN1c3ccc(OC)cc3CN2C1N([C@@H](C)c1ccccc1)[C@@H](C)c1ccccc1. The molecule has 2 bridgehead atoms. The number of ether oxygens (including phenoxy) is 2. The van der Waals surface area contributed by atoms with Gasteiger partial charge < -0.3 is 19.3 Å². The lowest BCUT2D eigenvalue weighted by atomic mass is 9.96. The summed E-state index contributed by atoms with van der Waals surface area (Å²) >= 11 is 0. The predicted octanol–water partition coefficient (Wildman–Crippen LogP) is 7.15. The Morgan fingerprint density at radius 1 is 0.632 bits per heavy atom. The molecule has 0 N–H and O–H groups in total. The van der Waals surface area contributed by atoms with Gasteiger partial charge in [0.25, 0.3) is 0 Å². The number of methoxy groups -OCH3 is 2. The van der Waals surface area contributed by atoms with Gasteiger partial charge in [-0.05, 0) is 72.5 Å². The molecule has 2 atom stereocenters. The zero-order valence-electron chi connectivity index (χ0n) is 22.5. The standard InChI is InChI=1S/C33H35N3O2/c1-23(25-11-7-5-8-12-25)36(24(2)26-13-9-6-10-14-26)33-34-21-27-19-29(37-3)15-17-31(27)35(33)22-28-20-30(38-4)16-18-32(28)34/h5-20,23-24,33H,21-22H2,1-4H3/t23-,24-/m0/s1. The maximum Gasteiger partial charge on any atom is 0.162 e. The third-order valence-corrected chi connectivity index (χ3v) is 8.16. The van der Waals surface area contributed by atoms with E-state index in [4.69, 9.17) is 9.47 Å². The summed E-state index contributed by atoms with van der Waals surface area (Å²) in [4.78, 5) is 7.78. The van der Waals surface area contributed by atoms with Crippen molar-refractivity contribution in [3.8, 4) is 11.5 Å². The molecule has 0 radical (unpaired) electrons. The average Bonchev–Trinajstić information content (AvgIpc) is 2.97. The number of benzene rings is 4. The summed E-state index contributed by atoms with van der Waals surface area (Å²) in [6, 6.07) is 35.1. The minimum Gasteiger partial charge on any atom is -0.497 e. The summed E-state index contributed by atoms with van der Waals surface area (Å²) in [7, 11) is 3.47. The largest absolute Gasteiger partial charge is 0.497 e. The van der Waals surface area contributed by atoms with Crippen molar-refractivity contribution in [2.75, 3.05) is 24.0 Å². The monoisotopic (exact) mass is 505 g/mol. The molecule has 0 fully saturated rings. The fraction of sp³-hybridized carbons (Fsp3) is 0.273. The molecular formula is C33H35N3O2. The van der Waals surface area contributed by atoms with Gasteiger partial charge in [-0.25, -0.2) is 0 Å². The molecule has 0 amide bonds. The second-order valence-corrected chi connectivity index (χ2v) is 10.2. The van der Waals surface area contributed by atoms with Crippen molar-refractivity contribution in [2.45, 2.75) is 45.3 Å². The number of rotatable bonds is 7. The molecule has 2 aliphatic rings. The van der Waals surface area contributed by atoms with E-state index in [2.05, 4.69) is 126 Å². The summed E-state index contributed by atoms with van der Waals surface area (Å²) in [6.07, 6.45) is 0.0298. The van der Waals surface area contributed by atoms with Crippen LogP contribution in [0.3, 0.4) is 0 Å². The van der Waals surface area contributed by atoms with E-state index in [9.17, 15) is 0 Å². The highest BCUT2D eigenvalue weighted by atomic mass is 16.5. The first-order valence-corrected chi connectivity index (χ1v) is 13.3. The van der Waals surface area contributed by atoms with Crippen molar-refractivity contribution >= 4 is 11.4 Å². The Kier molecular flexibility index (Phi) is 6.46. The van der Waals surface area contributed by atoms with Gasteiger partial charge in [0, 0.05) is 36.5 Å². The van der Waals surface area contributed by atoms with Crippen molar-refractivity contribution in [1.82, 2.24) is 4.90 Å². The van der Waals surface area contributed by atoms with Gasteiger partial charge in [-0.3, -0.25) is 4.90 Å². The smallest absolute Gasteiger partial charge is 0.162 e. The Hall–Kier alpha value is -3.96. The Morgan fingerprint density at radius 3 is 1.45 bits per heavy atom. The average molecular weight is 506 g/mol. The van der Waals surface area contributed by atoms with Crippen LogP contribution in [0, 0.1) is 0 Å². The van der Waals surface area contributed by atoms with Crippen LogP contribution in [0.2, 0.25) is 0 Å². The van der Waals surface area contributed by atoms with Crippen molar-refractivity contribution in [3.63, 3.8) is 0 Å². The predicted molar refractivity (Wildman–Crippen MR) is 154 cm³/mol. The molecular weight excluding hydrogens is 470 g/mol. The molecule has 5 heteroatoms. The van der Waals surface area contributed by atoms with Crippen LogP contribution in [0.5, 0.6) is 11.5 Å². The number of nitrogens with zero attached hydrogens (tertiary/aromatic N) is 3.